The van der Waals surface area contributed by atoms with Gasteiger partial charge >= 0.3 is 12.2 Å². The molecule has 3 atom stereocenters. The standard InChI is InChI=1S/C32H33F4N7O3S/c1-17-8-22-19(12-38-41-22)23(25(17)32(34,35)36)20-10-37-11-21-24-27(42-6-7-45-15-30(2,44)14-42)39-29(40-28(24)47-26(20)21)46-16-31-4-3-5-43(31)13-18(33)9-31/h8,10-12,18,44H,3-7,9,13-16H2,1-2H3,(H,38,41)/t18-,30+,31+/m1/s1. The Balaban J connectivity index is 1.33. The molecule has 3 fully saturated rings. The molecule has 3 aliphatic heterocycles. The first-order chi connectivity index (χ1) is 22.4. The summed E-state index contributed by atoms with van der Waals surface area (Å²) in [7, 11) is 0. The number of β-amino-alcohol motifs (C(OH)–C–C–N with tert-alkyl or cyclic N) is 1. The van der Waals surface area contributed by atoms with Gasteiger partial charge in [0.05, 0.1) is 48.0 Å². The van der Waals surface area contributed by atoms with Crippen LogP contribution in [0.5, 0.6) is 6.01 Å². The lowest BCUT2D eigenvalue weighted by Gasteiger charge is -2.31. The van der Waals surface area contributed by atoms with Gasteiger partial charge in [-0.1, -0.05) is 0 Å². The van der Waals surface area contributed by atoms with Crippen LogP contribution in [0, 0.1) is 6.92 Å². The van der Waals surface area contributed by atoms with Crippen molar-refractivity contribution in [3.05, 3.63) is 35.8 Å². The molecule has 0 unspecified atom stereocenters. The number of pyridine rings is 1. The molecule has 5 aromatic rings. The molecule has 2 N–H and O–H groups in total. The van der Waals surface area contributed by atoms with E-state index >= 15 is 0 Å². The number of hydrogen-bond donors (Lipinski definition) is 2. The minimum Gasteiger partial charge on any atom is -0.461 e. The molecule has 0 spiro atoms. The number of ether oxygens (including phenoxy) is 2. The van der Waals surface area contributed by atoms with Gasteiger partial charge in [0.15, 0.2) is 0 Å². The number of thiophene rings is 1. The molecule has 10 nitrogen and oxygen atoms in total. The van der Waals surface area contributed by atoms with Crippen LogP contribution in [0.3, 0.4) is 0 Å². The molecule has 8 rings (SSSR count). The molecule has 1 aromatic carbocycles. The molecule has 0 amide bonds. The highest BCUT2D eigenvalue weighted by Crippen LogP contribution is 2.49. The minimum absolute atomic E-state index is 0.00886. The van der Waals surface area contributed by atoms with Gasteiger partial charge in [-0.05, 0) is 44.9 Å². The summed E-state index contributed by atoms with van der Waals surface area (Å²) in [6.45, 7) is 5.58. The number of H-pyrrole nitrogens is 1. The van der Waals surface area contributed by atoms with Crippen molar-refractivity contribution in [2.75, 3.05) is 50.9 Å². The van der Waals surface area contributed by atoms with Crippen LogP contribution in [-0.4, -0.2) is 98.5 Å². The lowest BCUT2D eigenvalue weighted by atomic mass is 9.92. The van der Waals surface area contributed by atoms with Gasteiger partial charge in [-0.2, -0.15) is 28.2 Å². The fraction of sp³-hybridized carbons (Fsp3) is 0.500. The highest BCUT2D eigenvalue weighted by atomic mass is 32.1. The Hall–Kier alpha value is -3.66. The summed E-state index contributed by atoms with van der Waals surface area (Å²) in [5.41, 5.74) is -1.54. The summed E-state index contributed by atoms with van der Waals surface area (Å²) in [5.74, 6) is 0.463. The Bertz CT molecular complexity index is 2010. The monoisotopic (exact) mass is 671 g/mol. The molecule has 248 valence electrons. The number of fused-ring (bicyclic) bond motifs is 5. The van der Waals surface area contributed by atoms with Gasteiger partial charge < -0.3 is 19.5 Å². The molecule has 3 aliphatic rings. The zero-order valence-electron chi connectivity index (χ0n) is 25.8. The summed E-state index contributed by atoms with van der Waals surface area (Å²) in [4.78, 5) is 18.6. The van der Waals surface area contributed by atoms with Crippen LogP contribution in [0.15, 0.2) is 24.7 Å². The molecule has 0 saturated carbocycles. The van der Waals surface area contributed by atoms with Crippen LogP contribution >= 0.6 is 11.3 Å². The van der Waals surface area contributed by atoms with Crippen molar-refractivity contribution in [1.82, 2.24) is 30.0 Å². The average Bonchev–Trinajstić information content (AvgIpc) is 3.75. The topological polar surface area (TPSA) is 113 Å². The lowest BCUT2D eigenvalue weighted by Crippen LogP contribution is -2.43. The van der Waals surface area contributed by atoms with Crippen LogP contribution < -0.4 is 9.64 Å². The number of aromatic nitrogens is 5. The maximum absolute atomic E-state index is 14.7. The predicted molar refractivity (Wildman–Crippen MR) is 170 cm³/mol. The normalized spacial score (nSPS) is 25.7. The summed E-state index contributed by atoms with van der Waals surface area (Å²) in [5, 5.41) is 19.4. The van der Waals surface area contributed by atoms with E-state index in [9.17, 15) is 22.7 Å². The second-order valence-electron chi connectivity index (χ2n) is 13.3. The largest absolute Gasteiger partial charge is 0.461 e. The fourth-order valence-corrected chi connectivity index (χ4v) is 8.88. The summed E-state index contributed by atoms with van der Waals surface area (Å²) < 4.78 is 71.0. The molecule has 7 heterocycles. The quantitative estimate of drug-likeness (QED) is 0.229. The number of aliphatic hydroxyl groups is 1. The fourth-order valence-electron chi connectivity index (χ4n) is 7.73. The maximum Gasteiger partial charge on any atom is 0.417 e. The Morgan fingerprint density at radius 2 is 2.04 bits per heavy atom. The summed E-state index contributed by atoms with van der Waals surface area (Å²) in [6.07, 6.45) is 1.06. The molecular weight excluding hydrogens is 638 g/mol. The molecule has 0 bridgehead atoms. The molecule has 4 aromatic heterocycles. The minimum atomic E-state index is -4.64. The van der Waals surface area contributed by atoms with E-state index < -0.39 is 29.1 Å². The number of rotatable bonds is 5. The zero-order chi connectivity index (χ0) is 32.7. The lowest BCUT2D eigenvalue weighted by molar-refractivity contribution is -0.137. The molecule has 3 saturated heterocycles. The predicted octanol–water partition coefficient (Wildman–Crippen LogP) is 5.65. The molecule has 15 heteroatoms. The first-order valence-electron chi connectivity index (χ1n) is 15.6. The Kier molecular flexibility index (Phi) is 7.13. The van der Waals surface area contributed by atoms with Crippen molar-refractivity contribution >= 4 is 48.4 Å². The maximum atomic E-state index is 14.7. The van der Waals surface area contributed by atoms with E-state index in [0.29, 0.717) is 68.7 Å². The number of aromatic amines is 1. The van der Waals surface area contributed by atoms with Gasteiger partial charge in [0.2, 0.25) is 0 Å². The third kappa shape index (κ3) is 5.18. The van der Waals surface area contributed by atoms with E-state index in [1.54, 1.807) is 13.1 Å². The molecular formula is C32H33F4N7O3S. The summed E-state index contributed by atoms with van der Waals surface area (Å²) >= 11 is 1.23. The van der Waals surface area contributed by atoms with Crippen molar-refractivity contribution in [2.45, 2.75) is 56.6 Å². The van der Waals surface area contributed by atoms with E-state index in [1.807, 2.05) is 4.90 Å². The first kappa shape index (κ1) is 30.7. The van der Waals surface area contributed by atoms with E-state index in [0.717, 1.165) is 19.4 Å². The van der Waals surface area contributed by atoms with Crippen molar-refractivity contribution in [3.8, 4) is 17.1 Å². The van der Waals surface area contributed by atoms with Crippen molar-refractivity contribution < 1.29 is 32.1 Å². The number of nitrogens with zero attached hydrogens (tertiary/aromatic N) is 6. The van der Waals surface area contributed by atoms with E-state index in [2.05, 4.69) is 20.1 Å². The second kappa shape index (κ2) is 10.9. The highest BCUT2D eigenvalue weighted by molar-refractivity contribution is 7.26. The van der Waals surface area contributed by atoms with Gasteiger partial charge in [0.1, 0.15) is 29.0 Å². The number of nitrogens with one attached hydrogen (secondary N) is 1. The number of aryl methyl sites for hydroxylation is 1. The van der Waals surface area contributed by atoms with Gasteiger partial charge in [0.25, 0.3) is 0 Å². The SMILES string of the molecule is Cc1cc2[nH]ncc2c(-c2cncc3c2sc2nc(OC[C@@]45CCCN4C[C@H](F)C5)nc(N4CCOC[C@@](C)(O)C4)c23)c1C(F)(F)F. The number of hydrogen-bond acceptors (Lipinski definition) is 10. The third-order valence-electron chi connectivity index (χ3n) is 9.68. The van der Waals surface area contributed by atoms with Gasteiger partial charge in [0, 0.05) is 58.5 Å². The third-order valence-corrected chi connectivity index (χ3v) is 10.8. The van der Waals surface area contributed by atoms with Crippen LogP contribution in [0.1, 0.15) is 37.3 Å². The smallest absolute Gasteiger partial charge is 0.417 e. The van der Waals surface area contributed by atoms with Crippen LogP contribution in [-0.2, 0) is 10.9 Å². The Labute approximate surface area is 270 Å². The van der Waals surface area contributed by atoms with Gasteiger partial charge in [-0.15, -0.1) is 11.3 Å². The van der Waals surface area contributed by atoms with Crippen molar-refractivity contribution in [3.63, 3.8) is 0 Å². The zero-order valence-corrected chi connectivity index (χ0v) is 26.6. The van der Waals surface area contributed by atoms with E-state index in [4.69, 9.17) is 19.4 Å². The van der Waals surface area contributed by atoms with Gasteiger partial charge in [-0.25, -0.2) is 4.39 Å². The molecule has 0 aliphatic carbocycles. The van der Waals surface area contributed by atoms with Gasteiger partial charge in [-0.3, -0.25) is 15.0 Å². The number of alkyl halides is 4. The average molecular weight is 672 g/mol. The van der Waals surface area contributed by atoms with E-state index in [1.165, 1.54) is 36.7 Å². The van der Waals surface area contributed by atoms with Crippen LogP contribution in [0.4, 0.5) is 23.4 Å². The number of halogens is 4. The number of anilines is 1. The Morgan fingerprint density at radius 1 is 1.19 bits per heavy atom. The highest BCUT2D eigenvalue weighted by Gasteiger charge is 2.49. The number of benzene rings is 1. The van der Waals surface area contributed by atoms with Crippen molar-refractivity contribution in [1.29, 1.82) is 0 Å². The second-order valence-corrected chi connectivity index (χ2v) is 14.3. The van der Waals surface area contributed by atoms with E-state index in [-0.39, 0.29) is 36.9 Å². The molecule has 47 heavy (non-hydrogen) atoms. The van der Waals surface area contributed by atoms with Crippen LogP contribution in [0.25, 0.3) is 42.3 Å². The summed E-state index contributed by atoms with van der Waals surface area (Å²) in [6, 6.07) is 1.54. The Morgan fingerprint density at radius 3 is 2.87 bits per heavy atom. The first-order valence-corrected chi connectivity index (χ1v) is 16.4. The molecule has 0 radical (unpaired) electrons. The van der Waals surface area contributed by atoms with Crippen LogP contribution in [0.2, 0.25) is 0 Å². The van der Waals surface area contributed by atoms with Crippen molar-refractivity contribution in [2.24, 2.45) is 0 Å².